The third-order valence-electron chi connectivity index (χ3n) is 3.16. The van der Waals surface area contributed by atoms with Gasteiger partial charge in [-0.2, -0.15) is 0 Å². The van der Waals surface area contributed by atoms with E-state index < -0.39 is 5.97 Å². The molecule has 0 spiro atoms. The number of hydrogen-bond acceptors (Lipinski definition) is 4. The van der Waals surface area contributed by atoms with Crippen LogP contribution in [0, 0.1) is 5.82 Å². The Balaban J connectivity index is 1.86. The number of halogens is 2. The highest BCUT2D eigenvalue weighted by Crippen LogP contribution is 2.20. The number of amides is 1. The molecule has 4 nitrogen and oxygen atoms in total. The first-order chi connectivity index (χ1) is 12.0. The number of benzene rings is 2. The molecule has 2 rings (SSSR count). The fourth-order valence-electron chi connectivity index (χ4n) is 2.03. The molecule has 0 saturated carbocycles. The SMILES string of the molecule is CCOC(=O)c1cccc(NC(=O)CSCc2ccc(Cl)cc2F)c1. The standard InChI is InChI=1S/C18H17ClFNO3S/c1-2-24-18(23)12-4-3-5-15(8-12)21-17(22)11-25-10-13-6-7-14(19)9-16(13)20/h3-9H,2,10-11H2,1H3,(H,21,22). The van der Waals surface area contributed by atoms with Crippen molar-refractivity contribution in [2.45, 2.75) is 12.7 Å². The molecule has 0 saturated heterocycles. The van der Waals surface area contributed by atoms with Crippen LogP contribution in [0.25, 0.3) is 0 Å². The zero-order valence-electron chi connectivity index (χ0n) is 13.6. The van der Waals surface area contributed by atoms with Crippen molar-refractivity contribution in [1.29, 1.82) is 0 Å². The van der Waals surface area contributed by atoms with E-state index in [1.165, 1.54) is 17.8 Å². The molecule has 25 heavy (non-hydrogen) atoms. The number of nitrogens with one attached hydrogen (secondary N) is 1. The van der Waals surface area contributed by atoms with Crippen LogP contribution in [0.15, 0.2) is 42.5 Å². The van der Waals surface area contributed by atoms with Crippen molar-refractivity contribution in [3.63, 3.8) is 0 Å². The van der Waals surface area contributed by atoms with Gasteiger partial charge < -0.3 is 10.1 Å². The number of esters is 1. The lowest BCUT2D eigenvalue weighted by Crippen LogP contribution is -2.15. The minimum absolute atomic E-state index is 0.158. The summed E-state index contributed by atoms with van der Waals surface area (Å²) in [4.78, 5) is 23.7. The lowest BCUT2D eigenvalue weighted by atomic mass is 10.2. The molecule has 0 aliphatic heterocycles. The summed E-state index contributed by atoms with van der Waals surface area (Å²) in [5, 5.41) is 3.05. The average molecular weight is 382 g/mol. The largest absolute Gasteiger partial charge is 0.462 e. The van der Waals surface area contributed by atoms with Crippen LogP contribution in [-0.4, -0.2) is 24.2 Å². The number of anilines is 1. The molecule has 132 valence electrons. The maximum atomic E-state index is 13.7. The Bertz CT molecular complexity index is 770. The van der Waals surface area contributed by atoms with Crippen LogP contribution >= 0.6 is 23.4 Å². The lowest BCUT2D eigenvalue weighted by Gasteiger charge is -2.08. The molecule has 1 amide bonds. The zero-order chi connectivity index (χ0) is 18.2. The summed E-state index contributed by atoms with van der Waals surface area (Å²) in [7, 11) is 0. The molecule has 0 aliphatic rings. The highest BCUT2D eigenvalue weighted by atomic mass is 35.5. The van der Waals surface area contributed by atoms with E-state index in [2.05, 4.69) is 5.32 Å². The fraction of sp³-hybridized carbons (Fsp3) is 0.222. The third kappa shape index (κ3) is 6.07. The number of hydrogen-bond donors (Lipinski definition) is 1. The van der Waals surface area contributed by atoms with Crippen LogP contribution in [0.1, 0.15) is 22.8 Å². The maximum Gasteiger partial charge on any atom is 0.338 e. The van der Waals surface area contributed by atoms with Crippen LogP contribution in [0.3, 0.4) is 0 Å². The molecular weight excluding hydrogens is 365 g/mol. The van der Waals surface area contributed by atoms with Crippen LogP contribution in [0.5, 0.6) is 0 Å². The Morgan fingerprint density at radius 3 is 2.76 bits per heavy atom. The van der Waals surface area contributed by atoms with Gasteiger partial charge in [0, 0.05) is 16.5 Å². The predicted molar refractivity (Wildman–Crippen MR) is 98.6 cm³/mol. The first-order valence-corrected chi connectivity index (χ1v) is 9.11. The normalized spacial score (nSPS) is 10.4. The van der Waals surface area contributed by atoms with Gasteiger partial charge in [-0.25, -0.2) is 9.18 Å². The van der Waals surface area contributed by atoms with Gasteiger partial charge in [0.05, 0.1) is 17.9 Å². The van der Waals surface area contributed by atoms with E-state index in [0.29, 0.717) is 27.6 Å². The summed E-state index contributed by atoms with van der Waals surface area (Å²) in [6.45, 7) is 2.01. The number of carbonyl (C=O) groups excluding carboxylic acids is 2. The van der Waals surface area contributed by atoms with Gasteiger partial charge in [-0.15, -0.1) is 11.8 Å². The average Bonchev–Trinajstić information content (AvgIpc) is 2.57. The Morgan fingerprint density at radius 2 is 2.04 bits per heavy atom. The van der Waals surface area contributed by atoms with Gasteiger partial charge in [0.25, 0.3) is 0 Å². The van der Waals surface area contributed by atoms with Crippen molar-refractivity contribution in [2.75, 3.05) is 17.7 Å². The second-order valence-electron chi connectivity index (χ2n) is 5.08. The summed E-state index contributed by atoms with van der Waals surface area (Å²) in [6, 6.07) is 11.0. The predicted octanol–water partition coefficient (Wildman–Crippen LogP) is 4.53. The number of thioether (sulfide) groups is 1. The summed E-state index contributed by atoms with van der Waals surface area (Å²) < 4.78 is 18.6. The Hall–Kier alpha value is -2.05. The lowest BCUT2D eigenvalue weighted by molar-refractivity contribution is -0.113. The summed E-state index contributed by atoms with van der Waals surface area (Å²) in [6.07, 6.45) is 0. The van der Waals surface area contributed by atoms with Gasteiger partial charge in [0.15, 0.2) is 0 Å². The van der Waals surface area contributed by atoms with Gasteiger partial charge in [-0.1, -0.05) is 23.7 Å². The highest BCUT2D eigenvalue weighted by molar-refractivity contribution is 7.99. The van der Waals surface area contributed by atoms with Crippen LogP contribution in [-0.2, 0) is 15.3 Å². The molecule has 2 aromatic carbocycles. The van der Waals surface area contributed by atoms with Crippen molar-refractivity contribution < 1.29 is 18.7 Å². The van der Waals surface area contributed by atoms with E-state index in [9.17, 15) is 14.0 Å². The second-order valence-corrected chi connectivity index (χ2v) is 6.50. The van der Waals surface area contributed by atoms with Crippen molar-refractivity contribution >= 4 is 40.9 Å². The molecule has 0 atom stereocenters. The number of ether oxygens (including phenoxy) is 1. The highest BCUT2D eigenvalue weighted by Gasteiger charge is 2.09. The topological polar surface area (TPSA) is 55.4 Å². The first-order valence-electron chi connectivity index (χ1n) is 7.58. The molecule has 0 bridgehead atoms. The third-order valence-corrected chi connectivity index (χ3v) is 4.38. The van der Waals surface area contributed by atoms with Crippen LogP contribution < -0.4 is 5.32 Å². The molecule has 7 heteroatoms. The van der Waals surface area contributed by atoms with Gasteiger partial charge >= 0.3 is 5.97 Å². The molecule has 0 fully saturated rings. The first kappa shape index (κ1) is 19.3. The molecule has 2 aromatic rings. The molecular formula is C18H17ClFNO3S. The Kier molecular flexibility index (Phi) is 7.28. The van der Waals surface area contributed by atoms with E-state index >= 15 is 0 Å². The summed E-state index contributed by atoms with van der Waals surface area (Å²) in [5.41, 5.74) is 1.37. The van der Waals surface area contributed by atoms with E-state index in [1.54, 1.807) is 43.3 Å². The molecule has 0 aromatic heterocycles. The van der Waals surface area contributed by atoms with Crippen LogP contribution in [0.2, 0.25) is 5.02 Å². The minimum atomic E-state index is -0.439. The van der Waals surface area contributed by atoms with Gasteiger partial charge in [0.2, 0.25) is 5.91 Å². The van der Waals surface area contributed by atoms with E-state index in [4.69, 9.17) is 16.3 Å². The van der Waals surface area contributed by atoms with Crippen molar-refractivity contribution in [1.82, 2.24) is 0 Å². The van der Waals surface area contributed by atoms with Gasteiger partial charge in [0.1, 0.15) is 5.82 Å². The van der Waals surface area contributed by atoms with Crippen LogP contribution in [0.4, 0.5) is 10.1 Å². The molecule has 0 aliphatic carbocycles. The van der Waals surface area contributed by atoms with E-state index in [0.717, 1.165) is 0 Å². The summed E-state index contributed by atoms with van der Waals surface area (Å²) >= 11 is 6.99. The van der Waals surface area contributed by atoms with Crippen molar-refractivity contribution in [3.05, 3.63) is 64.4 Å². The Labute approximate surface area is 154 Å². The summed E-state index contributed by atoms with van der Waals surface area (Å²) in [5.74, 6) is -0.542. The molecule has 0 heterocycles. The number of rotatable bonds is 7. The number of carbonyl (C=O) groups is 2. The van der Waals surface area contributed by atoms with E-state index in [-0.39, 0.29) is 24.1 Å². The van der Waals surface area contributed by atoms with Gasteiger partial charge in [-0.3, -0.25) is 4.79 Å². The second kappa shape index (κ2) is 9.44. The maximum absolute atomic E-state index is 13.7. The minimum Gasteiger partial charge on any atom is -0.462 e. The Morgan fingerprint density at radius 1 is 1.24 bits per heavy atom. The van der Waals surface area contributed by atoms with Crippen molar-refractivity contribution in [3.8, 4) is 0 Å². The van der Waals surface area contributed by atoms with Crippen molar-refractivity contribution in [2.24, 2.45) is 0 Å². The van der Waals surface area contributed by atoms with E-state index in [1.807, 2.05) is 0 Å². The smallest absolute Gasteiger partial charge is 0.338 e. The molecule has 0 unspecified atom stereocenters. The monoisotopic (exact) mass is 381 g/mol. The molecule has 0 radical (unpaired) electrons. The van der Waals surface area contributed by atoms with Gasteiger partial charge in [-0.05, 0) is 42.8 Å². The zero-order valence-corrected chi connectivity index (χ0v) is 15.1. The fourth-order valence-corrected chi connectivity index (χ4v) is 3.00. The quantitative estimate of drug-likeness (QED) is 0.716. The molecule has 1 N–H and O–H groups in total.